The highest BCUT2D eigenvalue weighted by atomic mass is 35.5. The molecular weight excluding hydrogens is 198 g/mol. The minimum Gasteiger partial charge on any atom is -0.302 e. The molecule has 0 aliphatic carbocycles. The number of rotatable bonds is 3. The van der Waals surface area contributed by atoms with E-state index in [9.17, 15) is 0 Å². The number of hydrogen-bond donors (Lipinski definition) is 0. The molecule has 0 N–H and O–H groups in total. The molecule has 1 heterocycles. The van der Waals surface area contributed by atoms with Crippen LogP contribution in [-0.2, 0) is 6.54 Å². The van der Waals surface area contributed by atoms with E-state index in [1.807, 2.05) is 25.2 Å². The summed E-state index contributed by atoms with van der Waals surface area (Å²) in [5, 5.41) is 0.576. The SMILES string of the molecule is CC(C)c1cnc(CN(C)C)nc1Cl. The van der Waals surface area contributed by atoms with Gasteiger partial charge in [-0.15, -0.1) is 0 Å². The zero-order chi connectivity index (χ0) is 10.7. The highest BCUT2D eigenvalue weighted by Gasteiger charge is 2.08. The van der Waals surface area contributed by atoms with Crippen molar-refractivity contribution >= 4 is 11.6 Å². The summed E-state index contributed by atoms with van der Waals surface area (Å²) in [7, 11) is 3.96. The summed E-state index contributed by atoms with van der Waals surface area (Å²) < 4.78 is 0. The third kappa shape index (κ3) is 2.93. The third-order valence-electron chi connectivity index (χ3n) is 1.90. The van der Waals surface area contributed by atoms with Crippen molar-refractivity contribution in [1.29, 1.82) is 0 Å². The predicted molar refractivity (Wildman–Crippen MR) is 58.5 cm³/mol. The first kappa shape index (κ1) is 11.4. The molecule has 0 aromatic carbocycles. The molecular formula is C10H16ClN3. The van der Waals surface area contributed by atoms with Crippen molar-refractivity contribution in [1.82, 2.24) is 14.9 Å². The van der Waals surface area contributed by atoms with E-state index in [4.69, 9.17) is 11.6 Å². The fourth-order valence-electron chi connectivity index (χ4n) is 1.15. The van der Waals surface area contributed by atoms with Gasteiger partial charge in [0.05, 0.1) is 6.54 Å². The van der Waals surface area contributed by atoms with Crippen LogP contribution in [0.1, 0.15) is 31.2 Å². The minimum absolute atomic E-state index is 0.371. The Balaban J connectivity index is 2.89. The van der Waals surface area contributed by atoms with Crippen LogP contribution in [0.25, 0.3) is 0 Å². The molecule has 0 saturated heterocycles. The molecule has 0 aliphatic heterocycles. The lowest BCUT2D eigenvalue weighted by Crippen LogP contribution is -2.13. The fraction of sp³-hybridized carbons (Fsp3) is 0.600. The maximum atomic E-state index is 6.04. The lowest BCUT2D eigenvalue weighted by molar-refractivity contribution is 0.390. The van der Waals surface area contributed by atoms with Crippen molar-refractivity contribution < 1.29 is 0 Å². The molecule has 0 radical (unpaired) electrons. The molecule has 0 spiro atoms. The molecule has 1 aromatic heterocycles. The van der Waals surface area contributed by atoms with Gasteiger partial charge in [-0.1, -0.05) is 25.4 Å². The fourth-order valence-corrected chi connectivity index (χ4v) is 1.51. The number of halogens is 1. The molecule has 1 aromatic rings. The lowest BCUT2D eigenvalue weighted by atomic mass is 10.1. The van der Waals surface area contributed by atoms with Crippen molar-refractivity contribution in [3.8, 4) is 0 Å². The second-order valence-corrected chi connectivity index (χ2v) is 4.28. The first-order chi connectivity index (χ1) is 6.50. The Morgan fingerprint density at radius 3 is 2.50 bits per heavy atom. The quantitative estimate of drug-likeness (QED) is 0.722. The van der Waals surface area contributed by atoms with Crippen molar-refractivity contribution in [2.45, 2.75) is 26.3 Å². The zero-order valence-electron chi connectivity index (χ0n) is 9.08. The minimum atomic E-state index is 0.371. The molecule has 0 saturated carbocycles. The summed E-state index contributed by atoms with van der Waals surface area (Å²) in [6.45, 7) is 4.88. The van der Waals surface area contributed by atoms with E-state index in [0.29, 0.717) is 11.1 Å². The maximum Gasteiger partial charge on any atom is 0.143 e. The van der Waals surface area contributed by atoms with E-state index in [2.05, 4.69) is 23.8 Å². The molecule has 0 fully saturated rings. The van der Waals surface area contributed by atoms with Crippen molar-refractivity contribution in [2.75, 3.05) is 14.1 Å². The van der Waals surface area contributed by atoms with E-state index in [1.165, 1.54) is 0 Å². The van der Waals surface area contributed by atoms with Crippen LogP contribution in [0.4, 0.5) is 0 Å². The molecule has 1 rings (SSSR count). The van der Waals surface area contributed by atoms with Crippen molar-refractivity contribution in [2.24, 2.45) is 0 Å². The Bertz CT molecular complexity index is 310. The second-order valence-electron chi connectivity index (χ2n) is 3.92. The van der Waals surface area contributed by atoms with Gasteiger partial charge in [-0.2, -0.15) is 0 Å². The third-order valence-corrected chi connectivity index (χ3v) is 2.20. The number of nitrogens with zero attached hydrogens (tertiary/aromatic N) is 3. The summed E-state index contributed by atoms with van der Waals surface area (Å²) in [6, 6.07) is 0. The molecule has 14 heavy (non-hydrogen) atoms. The van der Waals surface area contributed by atoms with Gasteiger partial charge in [0.25, 0.3) is 0 Å². The Labute approximate surface area is 90.1 Å². The van der Waals surface area contributed by atoms with E-state index in [-0.39, 0.29) is 0 Å². The zero-order valence-corrected chi connectivity index (χ0v) is 9.84. The van der Waals surface area contributed by atoms with Gasteiger partial charge in [0.2, 0.25) is 0 Å². The van der Waals surface area contributed by atoms with Gasteiger partial charge in [-0.25, -0.2) is 9.97 Å². The largest absolute Gasteiger partial charge is 0.302 e. The molecule has 4 heteroatoms. The van der Waals surface area contributed by atoms with Gasteiger partial charge < -0.3 is 4.90 Å². The van der Waals surface area contributed by atoms with E-state index in [0.717, 1.165) is 17.9 Å². The first-order valence-corrected chi connectivity index (χ1v) is 5.04. The maximum absolute atomic E-state index is 6.04. The van der Waals surface area contributed by atoms with Crippen LogP contribution >= 0.6 is 11.6 Å². The number of aromatic nitrogens is 2. The van der Waals surface area contributed by atoms with Crippen LogP contribution < -0.4 is 0 Å². The molecule has 0 bridgehead atoms. The van der Waals surface area contributed by atoms with Crippen LogP contribution in [0.2, 0.25) is 5.15 Å². The highest BCUT2D eigenvalue weighted by Crippen LogP contribution is 2.21. The van der Waals surface area contributed by atoms with Crippen LogP contribution in [0, 0.1) is 0 Å². The Kier molecular flexibility index (Phi) is 3.84. The lowest BCUT2D eigenvalue weighted by Gasteiger charge is -2.11. The Morgan fingerprint density at radius 1 is 1.43 bits per heavy atom. The van der Waals surface area contributed by atoms with Gasteiger partial charge in [0, 0.05) is 11.8 Å². The van der Waals surface area contributed by atoms with E-state index < -0.39 is 0 Å². The second kappa shape index (κ2) is 4.71. The van der Waals surface area contributed by atoms with Crippen molar-refractivity contribution in [3.63, 3.8) is 0 Å². The summed E-state index contributed by atoms with van der Waals surface area (Å²) in [4.78, 5) is 10.5. The van der Waals surface area contributed by atoms with Gasteiger partial charge in [-0.05, 0) is 20.0 Å². The average Bonchev–Trinajstić information content (AvgIpc) is 2.01. The molecule has 0 atom stereocenters. The molecule has 78 valence electrons. The Hall–Kier alpha value is -0.670. The molecule has 0 unspecified atom stereocenters. The summed E-state index contributed by atoms with van der Waals surface area (Å²) in [5.74, 6) is 1.14. The Morgan fingerprint density at radius 2 is 2.07 bits per heavy atom. The summed E-state index contributed by atoms with van der Waals surface area (Å²) in [5.41, 5.74) is 1.01. The van der Waals surface area contributed by atoms with Crippen LogP contribution in [-0.4, -0.2) is 29.0 Å². The molecule has 3 nitrogen and oxygen atoms in total. The normalized spacial score (nSPS) is 11.4. The van der Waals surface area contributed by atoms with E-state index in [1.54, 1.807) is 0 Å². The smallest absolute Gasteiger partial charge is 0.143 e. The topological polar surface area (TPSA) is 29.0 Å². The summed E-state index contributed by atoms with van der Waals surface area (Å²) >= 11 is 6.04. The van der Waals surface area contributed by atoms with Gasteiger partial charge >= 0.3 is 0 Å². The monoisotopic (exact) mass is 213 g/mol. The van der Waals surface area contributed by atoms with Crippen LogP contribution in [0.15, 0.2) is 6.20 Å². The summed E-state index contributed by atoms with van der Waals surface area (Å²) in [6.07, 6.45) is 1.82. The molecule has 0 aliphatic rings. The van der Waals surface area contributed by atoms with Crippen LogP contribution in [0.3, 0.4) is 0 Å². The van der Waals surface area contributed by atoms with Crippen molar-refractivity contribution in [3.05, 3.63) is 22.7 Å². The number of hydrogen-bond acceptors (Lipinski definition) is 3. The molecule has 0 amide bonds. The van der Waals surface area contributed by atoms with Crippen LogP contribution in [0.5, 0.6) is 0 Å². The van der Waals surface area contributed by atoms with Gasteiger partial charge in [0.15, 0.2) is 0 Å². The van der Waals surface area contributed by atoms with E-state index >= 15 is 0 Å². The van der Waals surface area contributed by atoms with Gasteiger partial charge in [-0.3, -0.25) is 0 Å². The predicted octanol–water partition coefficient (Wildman–Crippen LogP) is 2.32. The standard InChI is InChI=1S/C10H16ClN3/c1-7(2)8-5-12-9(6-14(3)4)13-10(8)11/h5,7H,6H2,1-4H3. The highest BCUT2D eigenvalue weighted by molar-refractivity contribution is 6.30. The van der Waals surface area contributed by atoms with Gasteiger partial charge in [0.1, 0.15) is 11.0 Å². The first-order valence-electron chi connectivity index (χ1n) is 4.66. The average molecular weight is 214 g/mol.